The van der Waals surface area contributed by atoms with Crippen molar-refractivity contribution in [2.24, 2.45) is 7.05 Å². The number of alkyl carbamates (subject to hydrolysis) is 1. The molecule has 0 fully saturated rings. The smallest absolute Gasteiger partial charge is 0.409 e. The molecule has 6 heteroatoms. The summed E-state index contributed by atoms with van der Waals surface area (Å²) in [4.78, 5) is 18.7. The average molecular weight is 407 g/mol. The van der Waals surface area contributed by atoms with E-state index in [-0.39, 0.29) is 6.17 Å². The highest BCUT2D eigenvalue weighted by atomic mass is 16.6. The first kappa shape index (κ1) is 21.4. The van der Waals surface area contributed by atoms with E-state index in [4.69, 9.17) is 4.74 Å². The summed E-state index contributed by atoms with van der Waals surface area (Å²) >= 11 is 0. The summed E-state index contributed by atoms with van der Waals surface area (Å²) in [6.07, 6.45) is 2.90. The summed E-state index contributed by atoms with van der Waals surface area (Å²) in [6, 6.07) is 18.6. The summed E-state index contributed by atoms with van der Waals surface area (Å²) in [5.41, 5.74) is 3.81. The Bertz CT molecular complexity index is 959. The predicted molar refractivity (Wildman–Crippen MR) is 120 cm³/mol. The lowest BCUT2D eigenvalue weighted by Crippen LogP contribution is -2.48. The molecule has 0 aliphatic heterocycles. The Morgan fingerprint density at radius 2 is 1.73 bits per heavy atom. The SMILES string of the molecule is CC(NC(=O)OC(C)(C)C)N(Cc1cncn1C)c1ccc(-c2ccccc2)cc1. The van der Waals surface area contributed by atoms with Crippen molar-refractivity contribution in [1.82, 2.24) is 14.9 Å². The third kappa shape index (κ3) is 5.63. The summed E-state index contributed by atoms with van der Waals surface area (Å²) in [7, 11) is 1.96. The minimum absolute atomic E-state index is 0.280. The van der Waals surface area contributed by atoms with Gasteiger partial charge in [0.25, 0.3) is 0 Å². The fourth-order valence-electron chi connectivity index (χ4n) is 3.20. The quantitative estimate of drug-likeness (QED) is 0.588. The zero-order valence-electron chi connectivity index (χ0n) is 18.3. The maximum Gasteiger partial charge on any atom is 0.409 e. The first-order valence-corrected chi connectivity index (χ1v) is 10.1. The van der Waals surface area contributed by atoms with Crippen molar-refractivity contribution in [3.05, 3.63) is 72.8 Å². The Hall–Kier alpha value is -3.28. The van der Waals surface area contributed by atoms with Crippen molar-refractivity contribution in [3.8, 4) is 11.1 Å². The van der Waals surface area contributed by atoms with Crippen molar-refractivity contribution < 1.29 is 9.53 Å². The molecule has 0 aliphatic rings. The summed E-state index contributed by atoms with van der Waals surface area (Å²) < 4.78 is 7.41. The molecule has 1 heterocycles. The van der Waals surface area contributed by atoms with Crippen LogP contribution in [0, 0.1) is 0 Å². The van der Waals surface area contributed by atoms with Crippen LogP contribution >= 0.6 is 0 Å². The lowest BCUT2D eigenvalue weighted by Gasteiger charge is -2.32. The number of nitrogens with zero attached hydrogens (tertiary/aromatic N) is 3. The van der Waals surface area contributed by atoms with Gasteiger partial charge in [0.05, 0.1) is 18.6 Å². The third-order valence-corrected chi connectivity index (χ3v) is 4.75. The van der Waals surface area contributed by atoms with E-state index in [2.05, 4.69) is 51.6 Å². The van der Waals surface area contributed by atoms with E-state index in [1.54, 1.807) is 6.33 Å². The van der Waals surface area contributed by atoms with Gasteiger partial charge in [-0.05, 0) is 51.0 Å². The van der Waals surface area contributed by atoms with Crippen LogP contribution in [0.25, 0.3) is 11.1 Å². The molecule has 1 aromatic heterocycles. The van der Waals surface area contributed by atoms with E-state index in [0.29, 0.717) is 6.54 Å². The van der Waals surface area contributed by atoms with Crippen LogP contribution in [0.2, 0.25) is 0 Å². The number of rotatable bonds is 6. The topological polar surface area (TPSA) is 59.4 Å². The van der Waals surface area contributed by atoms with Gasteiger partial charge in [-0.3, -0.25) is 0 Å². The van der Waals surface area contributed by atoms with Gasteiger partial charge in [0.2, 0.25) is 0 Å². The van der Waals surface area contributed by atoms with Crippen LogP contribution in [0.4, 0.5) is 10.5 Å². The number of amides is 1. The zero-order chi connectivity index (χ0) is 21.7. The second kappa shape index (κ2) is 9.03. The first-order valence-electron chi connectivity index (χ1n) is 10.1. The number of hydrogen-bond donors (Lipinski definition) is 1. The minimum Gasteiger partial charge on any atom is -0.444 e. The highest BCUT2D eigenvalue weighted by Gasteiger charge is 2.22. The number of carbonyl (C=O) groups excluding carboxylic acids is 1. The van der Waals surface area contributed by atoms with Gasteiger partial charge < -0.3 is 19.5 Å². The minimum atomic E-state index is -0.548. The van der Waals surface area contributed by atoms with E-state index in [9.17, 15) is 4.79 Å². The average Bonchev–Trinajstić information content (AvgIpc) is 3.10. The first-order chi connectivity index (χ1) is 14.2. The van der Waals surface area contributed by atoms with Gasteiger partial charge in [0.15, 0.2) is 0 Å². The molecule has 0 spiro atoms. The fraction of sp³-hybridized carbons (Fsp3) is 0.333. The van der Waals surface area contributed by atoms with Crippen molar-refractivity contribution in [2.75, 3.05) is 4.90 Å². The van der Waals surface area contributed by atoms with E-state index >= 15 is 0 Å². The molecule has 3 rings (SSSR count). The number of anilines is 1. The molecule has 0 aliphatic carbocycles. The van der Waals surface area contributed by atoms with Gasteiger partial charge in [-0.15, -0.1) is 0 Å². The number of imidazole rings is 1. The number of carbonyl (C=O) groups is 1. The summed E-state index contributed by atoms with van der Waals surface area (Å²) in [5, 5.41) is 2.95. The van der Waals surface area contributed by atoms with Crippen LogP contribution in [-0.4, -0.2) is 27.4 Å². The molecular formula is C24H30N4O2. The van der Waals surface area contributed by atoms with Gasteiger partial charge in [-0.1, -0.05) is 42.5 Å². The molecule has 30 heavy (non-hydrogen) atoms. The number of hydrogen-bond acceptors (Lipinski definition) is 4. The van der Waals surface area contributed by atoms with Gasteiger partial charge in [0, 0.05) is 18.9 Å². The molecular weight excluding hydrogens is 376 g/mol. The molecule has 1 amide bonds. The highest BCUT2D eigenvalue weighted by Crippen LogP contribution is 2.25. The zero-order valence-corrected chi connectivity index (χ0v) is 18.3. The van der Waals surface area contributed by atoms with E-state index < -0.39 is 11.7 Å². The van der Waals surface area contributed by atoms with Crippen molar-refractivity contribution in [3.63, 3.8) is 0 Å². The molecule has 1 atom stereocenters. The molecule has 0 saturated heterocycles. The highest BCUT2D eigenvalue weighted by molar-refractivity contribution is 5.69. The Balaban J connectivity index is 1.83. The van der Waals surface area contributed by atoms with E-state index in [1.165, 1.54) is 5.56 Å². The molecule has 1 N–H and O–H groups in total. The molecule has 2 aromatic carbocycles. The molecule has 1 unspecified atom stereocenters. The van der Waals surface area contributed by atoms with Gasteiger partial charge in [-0.25, -0.2) is 9.78 Å². The van der Waals surface area contributed by atoms with E-state index in [0.717, 1.165) is 16.9 Å². The second-order valence-electron chi connectivity index (χ2n) is 8.36. The third-order valence-electron chi connectivity index (χ3n) is 4.75. The van der Waals surface area contributed by atoms with Crippen LogP contribution in [0.5, 0.6) is 0 Å². The lowest BCUT2D eigenvalue weighted by atomic mass is 10.1. The van der Waals surface area contributed by atoms with Crippen LogP contribution < -0.4 is 10.2 Å². The van der Waals surface area contributed by atoms with Gasteiger partial charge in [0.1, 0.15) is 11.8 Å². The van der Waals surface area contributed by atoms with Crippen molar-refractivity contribution in [1.29, 1.82) is 0 Å². The number of ether oxygens (including phenoxy) is 1. The Morgan fingerprint density at radius 1 is 1.10 bits per heavy atom. The Kier molecular flexibility index (Phi) is 6.45. The normalized spacial score (nSPS) is 12.3. The van der Waals surface area contributed by atoms with Crippen molar-refractivity contribution >= 4 is 11.8 Å². The number of aryl methyl sites for hydroxylation is 1. The second-order valence-corrected chi connectivity index (χ2v) is 8.36. The lowest BCUT2D eigenvalue weighted by molar-refractivity contribution is 0.0507. The predicted octanol–water partition coefficient (Wildman–Crippen LogP) is 4.96. The number of benzene rings is 2. The van der Waals surface area contributed by atoms with E-state index in [1.807, 2.05) is 63.7 Å². The van der Waals surface area contributed by atoms with Crippen LogP contribution in [-0.2, 0) is 18.3 Å². The Labute approximate surface area is 178 Å². The molecule has 0 bridgehead atoms. The van der Waals surface area contributed by atoms with Crippen LogP contribution in [0.1, 0.15) is 33.4 Å². The van der Waals surface area contributed by atoms with Gasteiger partial charge in [-0.2, -0.15) is 0 Å². The maximum absolute atomic E-state index is 12.3. The molecule has 0 saturated carbocycles. The summed E-state index contributed by atoms with van der Waals surface area (Å²) in [5.74, 6) is 0. The van der Waals surface area contributed by atoms with Crippen molar-refractivity contribution in [2.45, 2.75) is 46.0 Å². The molecule has 6 nitrogen and oxygen atoms in total. The molecule has 3 aromatic rings. The standard InChI is InChI=1S/C24H30N4O2/c1-18(26-23(29)30-24(2,3)4)28(16-22-15-25-17-27(22)5)21-13-11-20(12-14-21)19-9-7-6-8-10-19/h6-15,17-18H,16H2,1-5H3,(H,26,29). The fourth-order valence-corrected chi connectivity index (χ4v) is 3.20. The van der Waals surface area contributed by atoms with Crippen LogP contribution in [0.3, 0.4) is 0 Å². The number of nitrogens with one attached hydrogen (secondary N) is 1. The largest absolute Gasteiger partial charge is 0.444 e. The molecule has 158 valence electrons. The van der Waals surface area contributed by atoms with Crippen LogP contribution in [0.15, 0.2) is 67.1 Å². The maximum atomic E-state index is 12.3. The van der Waals surface area contributed by atoms with Gasteiger partial charge >= 0.3 is 6.09 Å². The summed E-state index contributed by atoms with van der Waals surface area (Å²) in [6.45, 7) is 8.11. The molecule has 0 radical (unpaired) electrons. The Morgan fingerprint density at radius 3 is 2.30 bits per heavy atom. The monoisotopic (exact) mass is 406 g/mol. The number of aromatic nitrogens is 2.